The van der Waals surface area contributed by atoms with Crippen molar-refractivity contribution < 1.29 is 14.3 Å². The second-order valence-electron chi connectivity index (χ2n) is 4.61. The van der Waals surface area contributed by atoms with Crippen LogP contribution in [0.3, 0.4) is 0 Å². The largest absolute Gasteiger partial charge is 0.493 e. The average Bonchev–Trinajstić information content (AvgIpc) is 3.00. The zero-order valence-electron chi connectivity index (χ0n) is 12.4. The molecule has 0 bridgehead atoms. The van der Waals surface area contributed by atoms with Crippen molar-refractivity contribution in [2.75, 3.05) is 20.8 Å². The Kier molecular flexibility index (Phi) is 5.22. The van der Waals surface area contributed by atoms with Gasteiger partial charge in [0.1, 0.15) is 0 Å². The van der Waals surface area contributed by atoms with Crippen LogP contribution < -0.4 is 14.8 Å². The highest BCUT2D eigenvalue weighted by molar-refractivity contribution is 7.09. The van der Waals surface area contributed by atoms with E-state index in [2.05, 4.69) is 11.4 Å². The summed E-state index contributed by atoms with van der Waals surface area (Å²) in [6.07, 6.45) is 0.843. The number of rotatable bonds is 6. The average molecular weight is 305 g/mol. The van der Waals surface area contributed by atoms with Crippen LogP contribution in [0.15, 0.2) is 29.6 Å². The van der Waals surface area contributed by atoms with Crippen molar-refractivity contribution in [3.8, 4) is 11.5 Å². The predicted molar refractivity (Wildman–Crippen MR) is 84.6 cm³/mol. The van der Waals surface area contributed by atoms with Crippen LogP contribution in [-0.2, 0) is 6.42 Å². The summed E-state index contributed by atoms with van der Waals surface area (Å²) in [5.41, 5.74) is 1.47. The van der Waals surface area contributed by atoms with E-state index in [0.717, 1.165) is 12.0 Å². The zero-order valence-corrected chi connectivity index (χ0v) is 13.3. The molecule has 0 aliphatic rings. The number of hydrogen-bond donors (Lipinski definition) is 1. The number of benzene rings is 1. The molecule has 1 amide bonds. The summed E-state index contributed by atoms with van der Waals surface area (Å²) in [6.45, 7) is 2.50. The van der Waals surface area contributed by atoms with Crippen molar-refractivity contribution in [1.29, 1.82) is 0 Å². The van der Waals surface area contributed by atoms with Gasteiger partial charge in [0.15, 0.2) is 11.5 Å². The van der Waals surface area contributed by atoms with E-state index in [-0.39, 0.29) is 5.91 Å². The second kappa shape index (κ2) is 7.13. The van der Waals surface area contributed by atoms with Crippen LogP contribution in [0.4, 0.5) is 0 Å². The lowest BCUT2D eigenvalue weighted by molar-refractivity contribution is 0.0953. The van der Waals surface area contributed by atoms with Crippen LogP contribution >= 0.6 is 11.3 Å². The van der Waals surface area contributed by atoms with Gasteiger partial charge in [0.2, 0.25) is 0 Å². The van der Waals surface area contributed by atoms with Crippen LogP contribution in [0, 0.1) is 6.92 Å². The highest BCUT2D eigenvalue weighted by Crippen LogP contribution is 2.30. The fourth-order valence-electron chi connectivity index (χ4n) is 2.07. The Morgan fingerprint density at radius 2 is 1.95 bits per heavy atom. The summed E-state index contributed by atoms with van der Waals surface area (Å²) in [4.78, 5) is 13.5. The molecule has 0 spiro atoms. The molecule has 0 aliphatic carbocycles. The molecule has 0 aliphatic heterocycles. The van der Waals surface area contributed by atoms with E-state index in [4.69, 9.17) is 9.47 Å². The molecule has 0 saturated heterocycles. The Balaban J connectivity index is 2.04. The number of thiophene rings is 1. The fraction of sp³-hybridized carbons (Fsp3) is 0.312. The van der Waals surface area contributed by atoms with Crippen LogP contribution in [0.5, 0.6) is 11.5 Å². The minimum atomic E-state index is -0.0926. The molecule has 21 heavy (non-hydrogen) atoms. The number of ether oxygens (including phenoxy) is 2. The maximum absolute atomic E-state index is 12.3. The van der Waals surface area contributed by atoms with Crippen molar-refractivity contribution >= 4 is 17.2 Å². The summed E-state index contributed by atoms with van der Waals surface area (Å²) in [5.74, 6) is 1.10. The van der Waals surface area contributed by atoms with Crippen molar-refractivity contribution in [3.63, 3.8) is 0 Å². The van der Waals surface area contributed by atoms with Crippen molar-refractivity contribution in [3.05, 3.63) is 45.6 Å². The molecule has 2 rings (SSSR count). The standard InChI is InChI=1S/C16H19NO3S/c1-11-9-14(19-2)15(20-3)10-13(11)16(18)17-7-6-12-5-4-8-21-12/h4-5,8-10H,6-7H2,1-3H3,(H,17,18). The van der Waals surface area contributed by atoms with E-state index >= 15 is 0 Å². The van der Waals surface area contributed by atoms with E-state index in [1.165, 1.54) is 4.88 Å². The number of methoxy groups -OCH3 is 2. The molecule has 1 aromatic heterocycles. The second-order valence-corrected chi connectivity index (χ2v) is 5.64. The first-order chi connectivity index (χ1) is 10.2. The highest BCUT2D eigenvalue weighted by Gasteiger charge is 2.14. The van der Waals surface area contributed by atoms with Crippen LogP contribution in [0.1, 0.15) is 20.8 Å². The van der Waals surface area contributed by atoms with E-state index in [9.17, 15) is 4.79 Å². The summed E-state index contributed by atoms with van der Waals surface area (Å²) >= 11 is 1.70. The molecule has 112 valence electrons. The van der Waals surface area contributed by atoms with Gasteiger partial charge in [0, 0.05) is 17.0 Å². The number of carbonyl (C=O) groups excluding carboxylic acids is 1. The first kappa shape index (κ1) is 15.4. The van der Waals surface area contributed by atoms with E-state index in [1.807, 2.05) is 24.4 Å². The van der Waals surface area contributed by atoms with Gasteiger partial charge in [0.05, 0.1) is 14.2 Å². The number of nitrogens with one attached hydrogen (secondary N) is 1. The lowest BCUT2D eigenvalue weighted by atomic mass is 10.1. The molecule has 0 saturated carbocycles. The van der Waals surface area contributed by atoms with Gasteiger partial charge >= 0.3 is 0 Å². The van der Waals surface area contributed by atoms with Crippen LogP contribution in [0.25, 0.3) is 0 Å². The van der Waals surface area contributed by atoms with E-state index in [0.29, 0.717) is 23.6 Å². The minimum absolute atomic E-state index is 0.0926. The normalized spacial score (nSPS) is 10.2. The lowest BCUT2D eigenvalue weighted by Crippen LogP contribution is -2.26. The van der Waals surface area contributed by atoms with Crippen molar-refractivity contribution in [2.45, 2.75) is 13.3 Å². The molecule has 1 heterocycles. The molecule has 1 N–H and O–H groups in total. The molecular formula is C16H19NO3S. The first-order valence-corrected chi connectivity index (χ1v) is 7.57. The molecule has 0 atom stereocenters. The summed E-state index contributed by atoms with van der Waals surface area (Å²) in [6, 6.07) is 7.61. The van der Waals surface area contributed by atoms with E-state index in [1.54, 1.807) is 31.6 Å². The molecule has 0 unspecified atom stereocenters. The highest BCUT2D eigenvalue weighted by atomic mass is 32.1. The molecule has 0 fully saturated rings. The Bertz CT molecular complexity index is 608. The monoisotopic (exact) mass is 305 g/mol. The maximum atomic E-state index is 12.3. The van der Waals surface area contributed by atoms with Gasteiger partial charge in [-0.2, -0.15) is 0 Å². The Morgan fingerprint density at radius 3 is 2.57 bits per heavy atom. The third-order valence-corrected chi connectivity index (χ3v) is 4.15. The molecule has 2 aromatic rings. The van der Waals surface area contributed by atoms with Gasteiger partial charge in [-0.3, -0.25) is 4.79 Å². The molecule has 1 aromatic carbocycles. The number of amides is 1. The van der Waals surface area contributed by atoms with Gasteiger partial charge in [-0.25, -0.2) is 0 Å². The predicted octanol–water partition coefficient (Wildman–Crippen LogP) is 3.05. The van der Waals surface area contributed by atoms with Gasteiger partial charge in [-0.15, -0.1) is 11.3 Å². The number of carbonyl (C=O) groups is 1. The number of hydrogen-bond acceptors (Lipinski definition) is 4. The van der Waals surface area contributed by atoms with Gasteiger partial charge < -0.3 is 14.8 Å². The summed E-state index contributed by atoms with van der Waals surface area (Å²) in [5, 5.41) is 4.98. The quantitative estimate of drug-likeness (QED) is 0.892. The Labute approximate surface area is 128 Å². The Morgan fingerprint density at radius 1 is 1.24 bits per heavy atom. The van der Waals surface area contributed by atoms with Crippen LogP contribution in [0.2, 0.25) is 0 Å². The number of aryl methyl sites for hydroxylation is 1. The smallest absolute Gasteiger partial charge is 0.251 e. The molecule has 5 heteroatoms. The maximum Gasteiger partial charge on any atom is 0.251 e. The Hall–Kier alpha value is -2.01. The summed E-state index contributed by atoms with van der Waals surface area (Å²) in [7, 11) is 3.14. The van der Waals surface area contributed by atoms with Crippen LogP contribution in [-0.4, -0.2) is 26.7 Å². The minimum Gasteiger partial charge on any atom is -0.493 e. The van der Waals surface area contributed by atoms with Crippen molar-refractivity contribution in [1.82, 2.24) is 5.32 Å². The van der Waals surface area contributed by atoms with Gasteiger partial charge in [-0.1, -0.05) is 6.07 Å². The van der Waals surface area contributed by atoms with Crippen molar-refractivity contribution in [2.24, 2.45) is 0 Å². The molecule has 0 radical (unpaired) electrons. The third kappa shape index (κ3) is 3.76. The topological polar surface area (TPSA) is 47.6 Å². The summed E-state index contributed by atoms with van der Waals surface area (Å²) < 4.78 is 10.5. The van der Waals surface area contributed by atoms with Gasteiger partial charge in [0.25, 0.3) is 5.91 Å². The first-order valence-electron chi connectivity index (χ1n) is 6.69. The fourth-order valence-corrected chi connectivity index (χ4v) is 2.78. The molecule has 4 nitrogen and oxygen atoms in total. The third-order valence-electron chi connectivity index (χ3n) is 3.21. The zero-order chi connectivity index (χ0) is 15.2. The van der Waals surface area contributed by atoms with E-state index < -0.39 is 0 Å². The molecular weight excluding hydrogens is 286 g/mol. The lowest BCUT2D eigenvalue weighted by Gasteiger charge is -2.12. The van der Waals surface area contributed by atoms with Gasteiger partial charge in [-0.05, 0) is 42.5 Å². The SMILES string of the molecule is COc1cc(C)c(C(=O)NCCc2cccs2)cc1OC.